The maximum absolute atomic E-state index is 13.9. The van der Waals surface area contributed by atoms with Gasteiger partial charge in [-0.2, -0.15) is 4.31 Å². The van der Waals surface area contributed by atoms with Crippen molar-refractivity contribution in [3.05, 3.63) is 57.5 Å². The lowest BCUT2D eigenvalue weighted by Gasteiger charge is -2.52. The first-order valence-corrected chi connectivity index (χ1v) is 13.9. The standard InChI is InChI=1S/C24H27BrClN3O5S/c1-15(2)27-14-22-28(35(32,33)21-13-18(26)8-9-20(21)34-3)11-10-23(30)29(22)19(24(27)31)12-16-4-6-17(25)7-5-16/h4-9,13,15,19,22H,10-12,14H2,1-3H3. The van der Waals surface area contributed by atoms with Crippen LogP contribution >= 0.6 is 27.5 Å². The van der Waals surface area contributed by atoms with Crippen molar-refractivity contribution in [3.8, 4) is 5.75 Å². The number of halogens is 2. The summed E-state index contributed by atoms with van der Waals surface area (Å²) in [5.74, 6) is -0.262. The molecule has 2 unspecified atom stereocenters. The zero-order chi connectivity index (χ0) is 25.5. The van der Waals surface area contributed by atoms with E-state index in [9.17, 15) is 18.0 Å². The largest absolute Gasteiger partial charge is 0.495 e. The van der Waals surface area contributed by atoms with Crippen molar-refractivity contribution >= 4 is 49.4 Å². The number of sulfonamides is 1. The number of hydrogen-bond acceptors (Lipinski definition) is 5. The topological polar surface area (TPSA) is 87.2 Å². The maximum Gasteiger partial charge on any atom is 0.248 e. The van der Waals surface area contributed by atoms with E-state index < -0.39 is 22.2 Å². The summed E-state index contributed by atoms with van der Waals surface area (Å²) in [7, 11) is -2.71. The average molecular weight is 585 g/mol. The van der Waals surface area contributed by atoms with E-state index in [1.165, 1.54) is 28.4 Å². The molecule has 0 saturated carbocycles. The first kappa shape index (κ1) is 25.9. The summed E-state index contributed by atoms with van der Waals surface area (Å²) < 4.78 is 35.3. The van der Waals surface area contributed by atoms with Gasteiger partial charge in [-0.25, -0.2) is 8.42 Å². The van der Waals surface area contributed by atoms with E-state index in [2.05, 4.69) is 15.9 Å². The molecule has 11 heteroatoms. The molecule has 2 atom stereocenters. The Hall–Kier alpha value is -2.14. The van der Waals surface area contributed by atoms with Gasteiger partial charge in [0.25, 0.3) is 0 Å². The summed E-state index contributed by atoms with van der Waals surface area (Å²) in [6.45, 7) is 3.85. The zero-order valence-electron chi connectivity index (χ0n) is 19.6. The van der Waals surface area contributed by atoms with Crippen LogP contribution in [0.4, 0.5) is 0 Å². The Bertz CT molecular complexity index is 1240. The first-order valence-electron chi connectivity index (χ1n) is 11.3. The van der Waals surface area contributed by atoms with Gasteiger partial charge in [0.2, 0.25) is 21.8 Å². The second-order valence-electron chi connectivity index (χ2n) is 8.87. The van der Waals surface area contributed by atoms with Crippen LogP contribution in [0.5, 0.6) is 5.75 Å². The van der Waals surface area contributed by atoms with Gasteiger partial charge in [-0.1, -0.05) is 39.7 Å². The Morgan fingerprint density at radius 1 is 1.14 bits per heavy atom. The molecule has 0 aliphatic carbocycles. The molecule has 2 aromatic carbocycles. The number of rotatable bonds is 6. The third kappa shape index (κ3) is 4.94. The molecule has 2 fully saturated rings. The maximum atomic E-state index is 13.9. The molecule has 2 aliphatic heterocycles. The fraction of sp³-hybridized carbons (Fsp3) is 0.417. The predicted octanol–water partition coefficient (Wildman–Crippen LogP) is 3.52. The van der Waals surface area contributed by atoms with Gasteiger partial charge < -0.3 is 14.5 Å². The smallest absolute Gasteiger partial charge is 0.248 e. The lowest BCUT2D eigenvalue weighted by atomic mass is 9.97. The number of piperazine rings is 1. The summed E-state index contributed by atoms with van der Waals surface area (Å²) >= 11 is 9.54. The second-order valence-corrected chi connectivity index (χ2v) is 12.1. The Balaban J connectivity index is 1.78. The van der Waals surface area contributed by atoms with Crippen LogP contribution in [0.25, 0.3) is 0 Å². The number of carbonyl (C=O) groups is 2. The molecular formula is C24H27BrClN3O5S. The van der Waals surface area contributed by atoms with Crippen molar-refractivity contribution in [3.63, 3.8) is 0 Å². The van der Waals surface area contributed by atoms with E-state index in [1.807, 2.05) is 38.1 Å². The summed E-state index contributed by atoms with van der Waals surface area (Å²) in [4.78, 5) is 29.7. The Kier molecular flexibility index (Phi) is 7.47. The lowest BCUT2D eigenvalue weighted by Crippen LogP contribution is -2.72. The molecule has 0 spiro atoms. The first-order chi connectivity index (χ1) is 16.5. The number of nitrogens with zero attached hydrogens (tertiary/aromatic N) is 3. The highest BCUT2D eigenvalue weighted by Gasteiger charge is 2.51. The van der Waals surface area contributed by atoms with Crippen LogP contribution in [0.15, 0.2) is 51.8 Å². The molecular weight excluding hydrogens is 558 g/mol. The minimum absolute atomic E-state index is 0.00311. The van der Waals surface area contributed by atoms with Crippen LogP contribution in [0.3, 0.4) is 0 Å². The molecule has 35 heavy (non-hydrogen) atoms. The molecule has 2 saturated heterocycles. The quantitative estimate of drug-likeness (QED) is 0.519. The molecule has 0 N–H and O–H groups in total. The number of carbonyl (C=O) groups excluding carboxylic acids is 2. The minimum Gasteiger partial charge on any atom is -0.495 e. The van der Waals surface area contributed by atoms with E-state index in [4.69, 9.17) is 16.3 Å². The highest BCUT2D eigenvalue weighted by Crippen LogP contribution is 2.35. The van der Waals surface area contributed by atoms with Crippen LogP contribution in [0.2, 0.25) is 5.02 Å². The van der Waals surface area contributed by atoms with Gasteiger partial charge >= 0.3 is 0 Å². The van der Waals surface area contributed by atoms with Crippen LogP contribution in [-0.2, 0) is 26.0 Å². The van der Waals surface area contributed by atoms with Gasteiger partial charge in [-0.3, -0.25) is 9.59 Å². The van der Waals surface area contributed by atoms with Crippen LogP contribution in [-0.4, -0.2) is 72.8 Å². The fourth-order valence-electron chi connectivity index (χ4n) is 4.68. The molecule has 8 nitrogen and oxygen atoms in total. The summed E-state index contributed by atoms with van der Waals surface area (Å²) in [6.07, 6.45) is -0.582. The van der Waals surface area contributed by atoms with E-state index in [-0.39, 0.29) is 59.5 Å². The van der Waals surface area contributed by atoms with E-state index >= 15 is 0 Å². The van der Waals surface area contributed by atoms with Gasteiger partial charge in [0.1, 0.15) is 22.9 Å². The van der Waals surface area contributed by atoms with Crippen molar-refractivity contribution in [1.29, 1.82) is 0 Å². The van der Waals surface area contributed by atoms with Gasteiger partial charge in [-0.05, 0) is 49.7 Å². The SMILES string of the molecule is COc1ccc(Cl)cc1S(=O)(=O)N1CCC(=O)N2C(Cc3ccc(Br)cc3)C(=O)N(C(C)C)CC21. The summed E-state index contributed by atoms with van der Waals surface area (Å²) in [5.41, 5.74) is 0.875. The van der Waals surface area contributed by atoms with Gasteiger partial charge in [0.15, 0.2) is 0 Å². The van der Waals surface area contributed by atoms with Crippen molar-refractivity contribution in [1.82, 2.24) is 14.1 Å². The fourth-order valence-corrected chi connectivity index (χ4v) is 6.93. The van der Waals surface area contributed by atoms with Gasteiger partial charge in [-0.15, -0.1) is 0 Å². The van der Waals surface area contributed by atoms with Crippen molar-refractivity contribution in [2.75, 3.05) is 20.2 Å². The molecule has 2 aromatic rings. The summed E-state index contributed by atoms with van der Waals surface area (Å²) in [5, 5.41) is 0.255. The van der Waals surface area contributed by atoms with E-state index in [0.29, 0.717) is 0 Å². The number of benzene rings is 2. The number of fused-ring (bicyclic) bond motifs is 1. The third-order valence-electron chi connectivity index (χ3n) is 6.43. The van der Waals surface area contributed by atoms with E-state index in [0.717, 1.165) is 10.0 Å². The molecule has 4 rings (SSSR count). The molecule has 2 amide bonds. The van der Waals surface area contributed by atoms with Gasteiger partial charge in [0, 0.05) is 34.9 Å². The van der Waals surface area contributed by atoms with Crippen LogP contribution in [0.1, 0.15) is 25.8 Å². The zero-order valence-corrected chi connectivity index (χ0v) is 22.8. The van der Waals surface area contributed by atoms with Gasteiger partial charge in [0.05, 0.1) is 13.7 Å². The lowest BCUT2D eigenvalue weighted by molar-refractivity contribution is -0.166. The molecule has 188 valence electrons. The van der Waals surface area contributed by atoms with Crippen LogP contribution in [0, 0.1) is 0 Å². The second kappa shape index (κ2) is 10.1. The molecule has 0 radical (unpaired) electrons. The Morgan fingerprint density at radius 2 is 1.83 bits per heavy atom. The van der Waals surface area contributed by atoms with Crippen molar-refractivity contribution < 1.29 is 22.7 Å². The van der Waals surface area contributed by atoms with Crippen molar-refractivity contribution in [2.45, 2.75) is 49.8 Å². The highest BCUT2D eigenvalue weighted by molar-refractivity contribution is 9.10. The van der Waals surface area contributed by atoms with E-state index in [1.54, 1.807) is 11.0 Å². The summed E-state index contributed by atoms with van der Waals surface area (Å²) in [6, 6.07) is 11.0. The molecule has 0 bridgehead atoms. The molecule has 0 aromatic heterocycles. The predicted molar refractivity (Wildman–Crippen MR) is 136 cm³/mol. The normalized spacial score (nSPS) is 21.4. The number of amides is 2. The number of ether oxygens (including phenoxy) is 1. The number of methoxy groups -OCH3 is 1. The Morgan fingerprint density at radius 3 is 2.46 bits per heavy atom. The average Bonchev–Trinajstić information content (AvgIpc) is 2.81. The highest BCUT2D eigenvalue weighted by atomic mass is 79.9. The van der Waals surface area contributed by atoms with Crippen LogP contribution < -0.4 is 4.74 Å². The number of hydrogen-bond donors (Lipinski definition) is 0. The molecule has 2 heterocycles. The van der Waals surface area contributed by atoms with Crippen molar-refractivity contribution in [2.24, 2.45) is 0 Å². The molecule has 2 aliphatic rings. The monoisotopic (exact) mass is 583 g/mol. The minimum atomic E-state index is -4.10. The third-order valence-corrected chi connectivity index (χ3v) is 9.11. The Labute approximate surface area is 219 Å².